The fourth-order valence-electron chi connectivity index (χ4n) is 1.95. The van der Waals surface area contributed by atoms with Crippen molar-refractivity contribution in [2.75, 3.05) is 19.0 Å². The van der Waals surface area contributed by atoms with Gasteiger partial charge in [0, 0.05) is 24.8 Å². The zero-order chi connectivity index (χ0) is 15.8. The molecule has 1 aromatic heterocycles. The molecular weight excluding hydrogens is 278 g/mol. The molecule has 1 heterocycles. The predicted molar refractivity (Wildman–Crippen MR) is 87.2 cm³/mol. The summed E-state index contributed by atoms with van der Waals surface area (Å²) in [7, 11) is 1.65. The molecule has 2 rings (SSSR count). The number of hydrogen-bond donors (Lipinski definition) is 2. The molecule has 2 N–H and O–H groups in total. The number of hydrogen-bond acceptors (Lipinski definition) is 4. The molecule has 5 heteroatoms. The summed E-state index contributed by atoms with van der Waals surface area (Å²) in [6.07, 6.45) is 2.55. The van der Waals surface area contributed by atoms with Gasteiger partial charge in [0.05, 0.1) is 7.11 Å². The van der Waals surface area contributed by atoms with Crippen molar-refractivity contribution in [2.45, 2.75) is 19.9 Å². The molecule has 0 saturated carbocycles. The molecule has 0 radical (unpaired) electrons. The number of nitrogens with one attached hydrogen (secondary N) is 2. The maximum absolute atomic E-state index is 11.9. The number of benzene rings is 1. The third kappa shape index (κ3) is 4.48. The van der Waals surface area contributed by atoms with Crippen molar-refractivity contribution in [3.63, 3.8) is 0 Å². The van der Waals surface area contributed by atoms with Crippen LogP contribution in [-0.4, -0.2) is 24.5 Å². The number of aromatic nitrogens is 1. The van der Waals surface area contributed by atoms with Gasteiger partial charge in [-0.2, -0.15) is 0 Å². The molecule has 0 aliphatic heterocycles. The lowest BCUT2D eigenvalue weighted by Crippen LogP contribution is -2.24. The first-order chi connectivity index (χ1) is 10.7. The third-order valence-electron chi connectivity index (χ3n) is 3.19. The Morgan fingerprint density at radius 2 is 2.00 bits per heavy atom. The van der Waals surface area contributed by atoms with Crippen LogP contribution in [0.2, 0.25) is 0 Å². The molecule has 0 aliphatic carbocycles. The highest BCUT2D eigenvalue weighted by atomic mass is 16.5. The summed E-state index contributed by atoms with van der Waals surface area (Å²) >= 11 is 0. The maximum atomic E-state index is 11.9. The molecule has 22 heavy (non-hydrogen) atoms. The molecule has 1 amide bonds. The largest absolute Gasteiger partial charge is 0.497 e. The molecule has 0 bridgehead atoms. The minimum Gasteiger partial charge on any atom is -0.497 e. The summed E-state index contributed by atoms with van der Waals surface area (Å²) in [5, 5.41) is 6.07. The second-order valence-electron chi connectivity index (χ2n) is 4.89. The molecule has 0 saturated heterocycles. The molecule has 0 unspecified atom stereocenters. The average Bonchev–Trinajstić information content (AvgIpc) is 2.58. The number of pyridine rings is 1. The van der Waals surface area contributed by atoms with E-state index < -0.39 is 0 Å². The zero-order valence-corrected chi connectivity index (χ0v) is 12.9. The van der Waals surface area contributed by atoms with Crippen molar-refractivity contribution in [1.82, 2.24) is 10.3 Å². The molecular formula is C17H21N3O2. The van der Waals surface area contributed by atoms with Crippen molar-refractivity contribution in [3.8, 4) is 5.75 Å². The van der Waals surface area contributed by atoms with Crippen molar-refractivity contribution < 1.29 is 9.53 Å². The summed E-state index contributed by atoms with van der Waals surface area (Å²) in [5.74, 6) is 1.44. The number of methoxy groups -OCH3 is 1. The molecule has 2 aromatic rings. The van der Waals surface area contributed by atoms with Gasteiger partial charge >= 0.3 is 0 Å². The van der Waals surface area contributed by atoms with Gasteiger partial charge < -0.3 is 15.4 Å². The zero-order valence-electron chi connectivity index (χ0n) is 12.9. The van der Waals surface area contributed by atoms with Gasteiger partial charge in [0.1, 0.15) is 11.6 Å². The SMILES string of the molecule is CCCNC(=O)c1ccnc(NCc2ccc(OC)cc2)c1. The monoisotopic (exact) mass is 299 g/mol. The Morgan fingerprint density at radius 3 is 2.68 bits per heavy atom. The Balaban J connectivity index is 1.96. The number of carbonyl (C=O) groups is 1. The first-order valence-electron chi connectivity index (χ1n) is 7.34. The van der Waals surface area contributed by atoms with Gasteiger partial charge in [0.15, 0.2) is 0 Å². The van der Waals surface area contributed by atoms with Crippen LogP contribution in [0.5, 0.6) is 5.75 Å². The van der Waals surface area contributed by atoms with E-state index in [0.29, 0.717) is 24.5 Å². The summed E-state index contributed by atoms with van der Waals surface area (Å²) in [6, 6.07) is 11.3. The van der Waals surface area contributed by atoms with E-state index in [-0.39, 0.29) is 5.91 Å². The van der Waals surface area contributed by atoms with Crippen LogP contribution in [0, 0.1) is 0 Å². The molecule has 0 aliphatic rings. The number of anilines is 1. The maximum Gasteiger partial charge on any atom is 0.251 e. The lowest BCUT2D eigenvalue weighted by atomic mass is 10.2. The standard InChI is InChI=1S/C17H21N3O2/c1-3-9-19-17(21)14-8-10-18-16(11-14)20-12-13-4-6-15(22-2)7-5-13/h4-8,10-11H,3,9,12H2,1-2H3,(H,18,20)(H,19,21). The average molecular weight is 299 g/mol. The van der Waals surface area contributed by atoms with Crippen LogP contribution in [0.1, 0.15) is 29.3 Å². The summed E-state index contributed by atoms with van der Waals surface area (Å²) in [5.41, 5.74) is 1.73. The van der Waals surface area contributed by atoms with Crippen LogP contribution in [0.4, 0.5) is 5.82 Å². The second-order valence-corrected chi connectivity index (χ2v) is 4.89. The summed E-state index contributed by atoms with van der Waals surface area (Å²) < 4.78 is 5.13. The normalized spacial score (nSPS) is 10.1. The Bertz CT molecular complexity index is 612. The van der Waals surface area contributed by atoms with Crippen molar-refractivity contribution in [3.05, 3.63) is 53.7 Å². The highest BCUT2D eigenvalue weighted by molar-refractivity contribution is 5.94. The smallest absolute Gasteiger partial charge is 0.251 e. The van der Waals surface area contributed by atoms with Crippen molar-refractivity contribution in [2.24, 2.45) is 0 Å². The Kier molecular flexibility index (Phi) is 5.77. The van der Waals surface area contributed by atoms with Crippen LogP contribution in [0.3, 0.4) is 0 Å². The van der Waals surface area contributed by atoms with E-state index in [0.717, 1.165) is 17.7 Å². The predicted octanol–water partition coefficient (Wildman–Crippen LogP) is 2.84. The van der Waals surface area contributed by atoms with E-state index in [9.17, 15) is 4.79 Å². The lowest BCUT2D eigenvalue weighted by Gasteiger charge is -2.08. The number of carbonyl (C=O) groups excluding carboxylic acids is 1. The van der Waals surface area contributed by atoms with E-state index in [1.807, 2.05) is 31.2 Å². The Hall–Kier alpha value is -2.56. The number of amides is 1. The quantitative estimate of drug-likeness (QED) is 0.825. The van der Waals surface area contributed by atoms with E-state index in [1.54, 1.807) is 25.4 Å². The molecule has 0 fully saturated rings. The summed E-state index contributed by atoms with van der Waals surface area (Å²) in [4.78, 5) is 16.2. The van der Waals surface area contributed by atoms with Gasteiger partial charge in [-0.05, 0) is 36.2 Å². The molecule has 1 aromatic carbocycles. The number of ether oxygens (including phenoxy) is 1. The van der Waals surface area contributed by atoms with Crippen LogP contribution in [0.25, 0.3) is 0 Å². The Morgan fingerprint density at radius 1 is 1.23 bits per heavy atom. The second kappa shape index (κ2) is 8.02. The lowest BCUT2D eigenvalue weighted by molar-refractivity contribution is 0.0953. The molecule has 116 valence electrons. The summed E-state index contributed by atoms with van der Waals surface area (Å²) in [6.45, 7) is 3.33. The van der Waals surface area contributed by atoms with E-state index in [1.165, 1.54) is 0 Å². The van der Waals surface area contributed by atoms with Crippen molar-refractivity contribution in [1.29, 1.82) is 0 Å². The van der Waals surface area contributed by atoms with Gasteiger partial charge in [0.2, 0.25) is 0 Å². The van der Waals surface area contributed by atoms with Crippen LogP contribution >= 0.6 is 0 Å². The first-order valence-corrected chi connectivity index (χ1v) is 7.34. The third-order valence-corrected chi connectivity index (χ3v) is 3.19. The highest BCUT2D eigenvalue weighted by Gasteiger charge is 2.05. The number of nitrogens with zero attached hydrogens (tertiary/aromatic N) is 1. The van der Waals surface area contributed by atoms with Crippen LogP contribution in [0.15, 0.2) is 42.6 Å². The van der Waals surface area contributed by atoms with Gasteiger partial charge in [-0.25, -0.2) is 4.98 Å². The number of rotatable bonds is 7. The van der Waals surface area contributed by atoms with Crippen LogP contribution in [-0.2, 0) is 6.54 Å². The molecule has 5 nitrogen and oxygen atoms in total. The fraction of sp³-hybridized carbons (Fsp3) is 0.294. The minimum atomic E-state index is -0.0725. The van der Waals surface area contributed by atoms with E-state index in [2.05, 4.69) is 15.6 Å². The van der Waals surface area contributed by atoms with Crippen molar-refractivity contribution >= 4 is 11.7 Å². The van der Waals surface area contributed by atoms with Gasteiger partial charge in [0.25, 0.3) is 5.91 Å². The Labute approximate surface area is 130 Å². The van der Waals surface area contributed by atoms with Crippen LogP contribution < -0.4 is 15.4 Å². The molecule has 0 atom stereocenters. The first kappa shape index (κ1) is 15.8. The molecule has 0 spiro atoms. The van der Waals surface area contributed by atoms with Gasteiger partial charge in [-0.1, -0.05) is 19.1 Å². The van der Waals surface area contributed by atoms with E-state index in [4.69, 9.17) is 4.74 Å². The highest BCUT2D eigenvalue weighted by Crippen LogP contribution is 2.13. The van der Waals surface area contributed by atoms with Gasteiger partial charge in [-0.3, -0.25) is 4.79 Å². The topological polar surface area (TPSA) is 63.2 Å². The van der Waals surface area contributed by atoms with Gasteiger partial charge in [-0.15, -0.1) is 0 Å². The van der Waals surface area contributed by atoms with E-state index >= 15 is 0 Å². The fourth-order valence-corrected chi connectivity index (χ4v) is 1.95. The minimum absolute atomic E-state index is 0.0725.